The van der Waals surface area contributed by atoms with E-state index in [1.54, 1.807) is 11.1 Å². The van der Waals surface area contributed by atoms with Crippen molar-refractivity contribution in [1.29, 1.82) is 0 Å². The molecular formula is C18H27NO. The van der Waals surface area contributed by atoms with E-state index in [0.717, 1.165) is 17.7 Å². The van der Waals surface area contributed by atoms with E-state index in [9.17, 15) is 0 Å². The first-order chi connectivity index (χ1) is 9.63. The van der Waals surface area contributed by atoms with Crippen molar-refractivity contribution < 1.29 is 4.74 Å². The number of likely N-dealkylation sites (tertiary alicyclic amines) is 1. The van der Waals surface area contributed by atoms with Crippen LogP contribution in [0.3, 0.4) is 0 Å². The normalized spacial score (nSPS) is 26.2. The predicted octanol–water partition coefficient (Wildman–Crippen LogP) is 3.99. The van der Waals surface area contributed by atoms with Crippen molar-refractivity contribution in [3.8, 4) is 5.75 Å². The lowest BCUT2D eigenvalue weighted by molar-refractivity contribution is 0.242. The smallest absolute Gasteiger partial charge is 0.119 e. The van der Waals surface area contributed by atoms with E-state index < -0.39 is 0 Å². The third-order valence-corrected chi connectivity index (χ3v) is 4.92. The second-order valence-corrected chi connectivity index (χ2v) is 6.78. The molecule has 2 heteroatoms. The standard InChI is InChI=1S/C18H27NO/c1-13(2)20-17-9-8-14-6-7-15(18(14)12-17)11-16-5-4-10-19(16)3/h8-9,12-13,15-16H,4-7,10-11H2,1-3H3/t15?,16-/m1/s1. The molecule has 1 heterocycles. The van der Waals surface area contributed by atoms with Crippen LogP contribution in [0.2, 0.25) is 0 Å². The van der Waals surface area contributed by atoms with Gasteiger partial charge in [-0.2, -0.15) is 0 Å². The van der Waals surface area contributed by atoms with Gasteiger partial charge in [-0.15, -0.1) is 0 Å². The monoisotopic (exact) mass is 273 g/mol. The van der Waals surface area contributed by atoms with E-state index in [2.05, 4.69) is 44.0 Å². The van der Waals surface area contributed by atoms with Crippen molar-refractivity contribution in [3.63, 3.8) is 0 Å². The number of aryl methyl sites for hydroxylation is 1. The lowest BCUT2D eigenvalue weighted by Gasteiger charge is -2.23. The summed E-state index contributed by atoms with van der Waals surface area (Å²) < 4.78 is 5.87. The fourth-order valence-corrected chi connectivity index (χ4v) is 3.86. The summed E-state index contributed by atoms with van der Waals surface area (Å²) in [4.78, 5) is 2.55. The Morgan fingerprint density at radius 2 is 2.15 bits per heavy atom. The van der Waals surface area contributed by atoms with Crippen molar-refractivity contribution in [3.05, 3.63) is 29.3 Å². The minimum absolute atomic E-state index is 0.258. The summed E-state index contributed by atoms with van der Waals surface area (Å²) in [6, 6.07) is 7.52. The Hall–Kier alpha value is -1.02. The number of hydrogen-bond donors (Lipinski definition) is 0. The third-order valence-electron chi connectivity index (χ3n) is 4.92. The minimum Gasteiger partial charge on any atom is -0.491 e. The van der Waals surface area contributed by atoms with Crippen LogP contribution >= 0.6 is 0 Å². The fraction of sp³-hybridized carbons (Fsp3) is 0.667. The number of hydrogen-bond acceptors (Lipinski definition) is 2. The van der Waals surface area contributed by atoms with Crippen LogP contribution in [0.4, 0.5) is 0 Å². The van der Waals surface area contributed by atoms with Crippen molar-refractivity contribution in [2.24, 2.45) is 0 Å². The van der Waals surface area contributed by atoms with E-state index in [0.29, 0.717) is 0 Å². The highest BCUT2D eigenvalue weighted by Gasteiger charge is 2.29. The van der Waals surface area contributed by atoms with Gasteiger partial charge in [-0.05, 0) is 88.7 Å². The quantitative estimate of drug-likeness (QED) is 0.822. The zero-order chi connectivity index (χ0) is 14.1. The summed E-state index contributed by atoms with van der Waals surface area (Å²) >= 11 is 0. The number of rotatable bonds is 4. The Morgan fingerprint density at radius 3 is 2.85 bits per heavy atom. The Bertz CT molecular complexity index is 468. The van der Waals surface area contributed by atoms with E-state index in [1.165, 1.54) is 38.6 Å². The lowest BCUT2D eigenvalue weighted by atomic mass is 9.92. The number of benzene rings is 1. The van der Waals surface area contributed by atoms with Crippen molar-refractivity contribution >= 4 is 0 Å². The highest BCUT2D eigenvalue weighted by Crippen LogP contribution is 2.40. The van der Waals surface area contributed by atoms with Crippen LogP contribution in [-0.2, 0) is 6.42 Å². The average molecular weight is 273 g/mol. The fourth-order valence-electron chi connectivity index (χ4n) is 3.86. The summed E-state index contributed by atoms with van der Waals surface area (Å²) in [7, 11) is 2.28. The molecule has 1 saturated heterocycles. The molecule has 1 aliphatic heterocycles. The maximum absolute atomic E-state index is 5.87. The SMILES string of the molecule is CC(C)Oc1ccc2c(c1)C(C[C@H]1CCCN1C)CC2. The topological polar surface area (TPSA) is 12.5 Å². The van der Waals surface area contributed by atoms with Crippen molar-refractivity contribution in [2.75, 3.05) is 13.6 Å². The number of ether oxygens (including phenoxy) is 1. The Morgan fingerprint density at radius 1 is 1.30 bits per heavy atom. The van der Waals surface area contributed by atoms with Gasteiger partial charge < -0.3 is 9.64 Å². The average Bonchev–Trinajstić information content (AvgIpc) is 2.97. The van der Waals surface area contributed by atoms with Gasteiger partial charge in [0.15, 0.2) is 0 Å². The molecular weight excluding hydrogens is 246 g/mol. The highest BCUT2D eigenvalue weighted by atomic mass is 16.5. The van der Waals surface area contributed by atoms with Gasteiger partial charge in [-0.25, -0.2) is 0 Å². The molecule has 3 rings (SSSR count). The molecule has 1 fully saturated rings. The van der Waals surface area contributed by atoms with Gasteiger partial charge in [0.05, 0.1) is 6.10 Å². The molecule has 1 aliphatic carbocycles. The van der Waals surface area contributed by atoms with Crippen LogP contribution in [0.15, 0.2) is 18.2 Å². The van der Waals surface area contributed by atoms with Gasteiger partial charge in [0.1, 0.15) is 5.75 Å². The first-order valence-electron chi connectivity index (χ1n) is 8.13. The van der Waals surface area contributed by atoms with Gasteiger partial charge in [-0.3, -0.25) is 0 Å². The summed E-state index contributed by atoms with van der Waals surface area (Å²) in [5.74, 6) is 1.79. The maximum Gasteiger partial charge on any atom is 0.119 e. The summed E-state index contributed by atoms with van der Waals surface area (Å²) in [6.45, 7) is 5.47. The molecule has 0 N–H and O–H groups in total. The van der Waals surface area contributed by atoms with Crippen LogP contribution in [0.1, 0.15) is 56.6 Å². The molecule has 2 nitrogen and oxygen atoms in total. The molecule has 0 radical (unpaired) electrons. The zero-order valence-electron chi connectivity index (χ0n) is 13.1. The molecule has 1 aromatic carbocycles. The number of fused-ring (bicyclic) bond motifs is 1. The Balaban J connectivity index is 1.74. The first-order valence-corrected chi connectivity index (χ1v) is 8.13. The predicted molar refractivity (Wildman–Crippen MR) is 83.5 cm³/mol. The minimum atomic E-state index is 0.258. The van der Waals surface area contributed by atoms with Crippen molar-refractivity contribution in [1.82, 2.24) is 4.90 Å². The molecule has 0 spiro atoms. The van der Waals surface area contributed by atoms with Gasteiger partial charge in [0.2, 0.25) is 0 Å². The molecule has 1 aromatic rings. The molecule has 20 heavy (non-hydrogen) atoms. The molecule has 110 valence electrons. The van der Waals surface area contributed by atoms with Gasteiger partial charge in [0.25, 0.3) is 0 Å². The van der Waals surface area contributed by atoms with Crippen LogP contribution in [0.5, 0.6) is 5.75 Å². The Labute approximate surface area is 123 Å². The molecule has 1 unspecified atom stereocenters. The second-order valence-electron chi connectivity index (χ2n) is 6.78. The van der Waals surface area contributed by atoms with Crippen molar-refractivity contribution in [2.45, 2.75) is 64.0 Å². The molecule has 0 aromatic heterocycles. The van der Waals surface area contributed by atoms with Crippen LogP contribution in [-0.4, -0.2) is 30.6 Å². The molecule has 2 aliphatic rings. The summed E-state index contributed by atoms with van der Waals surface area (Å²) in [5.41, 5.74) is 3.11. The summed E-state index contributed by atoms with van der Waals surface area (Å²) in [5, 5.41) is 0. The maximum atomic E-state index is 5.87. The van der Waals surface area contributed by atoms with E-state index in [1.807, 2.05) is 0 Å². The van der Waals surface area contributed by atoms with Gasteiger partial charge in [0, 0.05) is 6.04 Å². The molecule has 0 bridgehead atoms. The highest BCUT2D eigenvalue weighted by molar-refractivity contribution is 5.41. The molecule has 0 saturated carbocycles. The lowest BCUT2D eigenvalue weighted by Crippen LogP contribution is -2.26. The van der Waals surface area contributed by atoms with Gasteiger partial charge in [-0.1, -0.05) is 6.07 Å². The van der Waals surface area contributed by atoms with Gasteiger partial charge >= 0.3 is 0 Å². The number of nitrogens with zero attached hydrogens (tertiary/aromatic N) is 1. The largest absolute Gasteiger partial charge is 0.491 e. The van der Waals surface area contributed by atoms with Crippen LogP contribution < -0.4 is 4.74 Å². The van der Waals surface area contributed by atoms with Crippen LogP contribution in [0.25, 0.3) is 0 Å². The second kappa shape index (κ2) is 5.77. The van der Waals surface area contributed by atoms with Crippen LogP contribution in [0, 0.1) is 0 Å². The molecule has 2 atom stereocenters. The Kier molecular flexibility index (Phi) is 4.02. The summed E-state index contributed by atoms with van der Waals surface area (Å²) in [6.07, 6.45) is 6.91. The van der Waals surface area contributed by atoms with E-state index in [4.69, 9.17) is 4.74 Å². The zero-order valence-corrected chi connectivity index (χ0v) is 13.1. The first kappa shape index (κ1) is 13.9. The van der Waals surface area contributed by atoms with E-state index >= 15 is 0 Å². The third kappa shape index (κ3) is 2.85. The molecule has 0 amide bonds. The van der Waals surface area contributed by atoms with E-state index in [-0.39, 0.29) is 6.10 Å².